The second-order valence-corrected chi connectivity index (χ2v) is 2.01. The van der Waals surface area contributed by atoms with Crippen molar-refractivity contribution in [3.63, 3.8) is 0 Å². The van der Waals surface area contributed by atoms with E-state index in [1.807, 2.05) is 0 Å². The van der Waals surface area contributed by atoms with Crippen molar-refractivity contribution in [2.75, 3.05) is 5.32 Å². The van der Waals surface area contributed by atoms with Gasteiger partial charge in [-0.15, -0.1) is 5.10 Å². The number of nitrogens with zero attached hydrogens (tertiary/aromatic N) is 2. The summed E-state index contributed by atoms with van der Waals surface area (Å²) in [5.41, 5.74) is 0.716. The van der Waals surface area contributed by atoms with Crippen molar-refractivity contribution in [2.45, 2.75) is 0 Å². The second kappa shape index (κ2) is 3.47. The van der Waals surface area contributed by atoms with Crippen molar-refractivity contribution in [3.8, 4) is 0 Å². The summed E-state index contributed by atoms with van der Waals surface area (Å²) in [6, 6.07) is 1.54. The van der Waals surface area contributed by atoms with E-state index in [0.717, 1.165) is 0 Å². The number of rotatable bonds is 2. The minimum atomic E-state index is -1.16. The van der Waals surface area contributed by atoms with E-state index in [9.17, 15) is 4.79 Å². The molecular weight excluding hydrogens is 158 g/mol. The van der Waals surface area contributed by atoms with Crippen LogP contribution in [0.4, 0.5) is 10.6 Å². The molecule has 1 aromatic heterocycles. The van der Waals surface area contributed by atoms with Crippen molar-refractivity contribution in [1.29, 1.82) is 0 Å². The fourth-order valence-corrected chi connectivity index (χ4v) is 0.664. The number of anilines is 1. The van der Waals surface area contributed by atoms with Crippen LogP contribution in [-0.2, 0) is 0 Å². The van der Waals surface area contributed by atoms with Crippen LogP contribution >= 0.6 is 0 Å². The maximum absolute atomic E-state index is 10.2. The molecule has 0 saturated heterocycles. The van der Waals surface area contributed by atoms with Gasteiger partial charge in [-0.05, 0) is 11.6 Å². The van der Waals surface area contributed by atoms with Gasteiger partial charge in [-0.2, -0.15) is 5.10 Å². The van der Waals surface area contributed by atoms with Gasteiger partial charge in [0.05, 0.1) is 6.20 Å². The lowest BCUT2D eigenvalue weighted by Gasteiger charge is -1.97. The third-order valence-corrected chi connectivity index (χ3v) is 1.15. The second-order valence-electron chi connectivity index (χ2n) is 2.01. The normalized spacial score (nSPS) is 9.00. The number of hydrogen-bond acceptors (Lipinski definition) is 3. The van der Waals surface area contributed by atoms with Gasteiger partial charge in [0, 0.05) is 0 Å². The van der Waals surface area contributed by atoms with E-state index in [2.05, 4.69) is 22.1 Å². The molecule has 1 aromatic rings. The number of aromatic nitrogens is 2. The monoisotopic (exact) mass is 165 g/mol. The molecule has 62 valence electrons. The van der Waals surface area contributed by atoms with Crippen LogP contribution < -0.4 is 5.32 Å². The Morgan fingerprint density at radius 3 is 3.08 bits per heavy atom. The third-order valence-electron chi connectivity index (χ3n) is 1.15. The Labute approximate surface area is 68.7 Å². The van der Waals surface area contributed by atoms with Crippen molar-refractivity contribution in [1.82, 2.24) is 10.2 Å². The highest BCUT2D eigenvalue weighted by atomic mass is 16.4. The van der Waals surface area contributed by atoms with Crippen LogP contribution in [0, 0.1) is 0 Å². The number of hydrogen-bond donors (Lipinski definition) is 2. The summed E-state index contributed by atoms with van der Waals surface area (Å²) in [7, 11) is 0. The molecule has 0 radical (unpaired) electrons. The summed E-state index contributed by atoms with van der Waals surface area (Å²) in [6.07, 6.45) is 1.88. The molecule has 0 saturated carbocycles. The minimum Gasteiger partial charge on any atom is -0.465 e. The van der Waals surface area contributed by atoms with Crippen molar-refractivity contribution in [3.05, 3.63) is 24.4 Å². The molecule has 0 aliphatic heterocycles. The molecule has 2 N–H and O–H groups in total. The summed E-state index contributed by atoms with van der Waals surface area (Å²) in [6.45, 7) is 3.51. The Kier molecular flexibility index (Phi) is 2.37. The number of carboxylic acid groups (broad SMARTS) is 1. The van der Waals surface area contributed by atoms with E-state index in [1.165, 1.54) is 12.3 Å². The largest absolute Gasteiger partial charge is 0.465 e. The van der Waals surface area contributed by atoms with Crippen LogP contribution in [0.3, 0.4) is 0 Å². The first kappa shape index (κ1) is 8.19. The zero-order valence-electron chi connectivity index (χ0n) is 6.19. The molecule has 1 amide bonds. The zero-order chi connectivity index (χ0) is 8.97. The molecule has 0 fully saturated rings. The van der Waals surface area contributed by atoms with Gasteiger partial charge in [0.1, 0.15) is 0 Å². The van der Waals surface area contributed by atoms with E-state index in [1.54, 1.807) is 6.08 Å². The molecule has 12 heavy (non-hydrogen) atoms. The van der Waals surface area contributed by atoms with Crippen LogP contribution in [-0.4, -0.2) is 21.4 Å². The molecule has 5 nitrogen and oxygen atoms in total. The van der Waals surface area contributed by atoms with Crippen molar-refractivity contribution < 1.29 is 9.90 Å². The van der Waals surface area contributed by atoms with E-state index >= 15 is 0 Å². The lowest BCUT2D eigenvalue weighted by molar-refractivity contribution is 0.209. The average molecular weight is 165 g/mol. The molecule has 0 spiro atoms. The van der Waals surface area contributed by atoms with E-state index < -0.39 is 6.09 Å². The Balaban J connectivity index is 2.86. The molecule has 0 aliphatic rings. The molecule has 0 bridgehead atoms. The fraction of sp³-hybridized carbons (Fsp3) is 0. The van der Waals surface area contributed by atoms with Gasteiger partial charge in [0.15, 0.2) is 5.82 Å². The molecule has 1 rings (SSSR count). The van der Waals surface area contributed by atoms with E-state index in [-0.39, 0.29) is 5.82 Å². The lowest BCUT2D eigenvalue weighted by atomic mass is 10.3. The number of nitrogens with one attached hydrogen (secondary N) is 1. The average Bonchev–Trinajstić information content (AvgIpc) is 2.03. The van der Waals surface area contributed by atoms with Crippen LogP contribution in [0.2, 0.25) is 0 Å². The maximum Gasteiger partial charge on any atom is 0.410 e. The Morgan fingerprint density at radius 2 is 2.50 bits per heavy atom. The maximum atomic E-state index is 10.2. The topological polar surface area (TPSA) is 75.1 Å². The van der Waals surface area contributed by atoms with Crippen LogP contribution in [0.15, 0.2) is 18.8 Å². The summed E-state index contributed by atoms with van der Waals surface area (Å²) in [4.78, 5) is 10.2. The lowest BCUT2D eigenvalue weighted by Crippen LogP contribution is -2.09. The first-order valence-corrected chi connectivity index (χ1v) is 3.17. The minimum absolute atomic E-state index is 0.194. The van der Waals surface area contributed by atoms with Crippen molar-refractivity contribution in [2.24, 2.45) is 0 Å². The van der Waals surface area contributed by atoms with Crippen LogP contribution in [0.1, 0.15) is 5.56 Å². The first-order valence-electron chi connectivity index (χ1n) is 3.17. The van der Waals surface area contributed by atoms with E-state index in [4.69, 9.17) is 5.11 Å². The van der Waals surface area contributed by atoms with Gasteiger partial charge in [-0.3, -0.25) is 5.32 Å². The predicted octanol–water partition coefficient (Wildman–Crippen LogP) is 1.21. The predicted molar refractivity (Wildman–Crippen MR) is 43.8 cm³/mol. The van der Waals surface area contributed by atoms with Gasteiger partial charge in [0.25, 0.3) is 0 Å². The van der Waals surface area contributed by atoms with Crippen LogP contribution in [0.25, 0.3) is 6.08 Å². The molecule has 0 aromatic carbocycles. The van der Waals surface area contributed by atoms with Gasteiger partial charge in [-0.1, -0.05) is 12.7 Å². The number of carbonyl (C=O) groups is 1. The third kappa shape index (κ3) is 2.05. The SMILES string of the molecule is C=Cc1cnnc(NC(=O)O)c1. The summed E-state index contributed by atoms with van der Waals surface area (Å²) in [5.74, 6) is 0.194. The standard InChI is InChI=1S/C7H7N3O2/c1-2-5-3-6(9-7(11)12)10-8-4-5/h2-4H,1H2,(H,9,10)(H,11,12). The quantitative estimate of drug-likeness (QED) is 0.690. The first-order chi connectivity index (χ1) is 5.72. The zero-order valence-corrected chi connectivity index (χ0v) is 6.19. The highest BCUT2D eigenvalue weighted by Gasteiger charge is 1.99. The van der Waals surface area contributed by atoms with Crippen LogP contribution in [0.5, 0.6) is 0 Å². The summed E-state index contributed by atoms with van der Waals surface area (Å²) < 4.78 is 0. The number of amides is 1. The van der Waals surface area contributed by atoms with Gasteiger partial charge in [-0.25, -0.2) is 4.79 Å². The molecule has 1 heterocycles. The Hall–Kier alpha value is -1.91. The highest BCUT2D eigenvalue weighted by Crippen LogP contribution is 2.04. The molecular formula is C7H7N3O2. The molecule has 0 unspecified atom stereocenters. The Morgan fingerprint density at radius 1 is 1.75 bits per heavy atom. The summed E-state index contributed by atoms with van der Waals surface area (Å²) >= 11 is 0. The van der Waals surface area contributed by atoms with Gasteiger partial charge in [0.2, 0.25) is 0 Å². The molecule has 5 heteroatoms. The molecule has 0 aliphatic carbocycles. The summed E-state index contributed by atoms with van der Waals surface area (Å²) in [5, 5.41) is 17.5. The van der Waals surface area contributed by atoms with E-state index in [0.29, 0.717) is 5.56 Å². The molecule has 0 atom stereocenters. The highest BCUT2D eigenvalue weighted by molar-refractivity contribution is 5.81. The van der Waals surface area contributed by atoms with Gasteiger partial charge < -0.3 is 5.11 Å². The smallest absolute Gasteiger partial charge is 0.410 e. The fourth-order valence-electron chi connectivity index (χ4n) is 0.664. The van der Waals surface area contributed by atoms with Gasteiger partial charge >= 0.3 is 6.09 Å². The Bertz CT molecular complexity index is 311. The van der Waals surface area contributed by atoms with Crippen molar-refractivity contribution >= 4 is 18.0 Å².